The average molecular weight is 542 g/mol. The van der Waals surface area contributed by atoms with Crippen LogP contribution in [0.5, 0.6) is 0 Å². The molecule has 9 nitrogen and oxygen atoms in total. The molecule has 9 heteroatoms. The number of benzene rings is 4. The van der Waals surface area contributed by atoms with Crippen LogP contribution >= 0.6 is 0 Å². The van der Waals surface area contributed by atoms with E-state index in [1.807, 2.05) is 26.0 Å². The third-order valence-corrected chi connectivity index (χ3v) is 7.07. The van der Waals surface area contributed by atoms with Gasteiger partial charge in [0, 0.05) is 11.1 Å². The van der Waals surface area contributed by atoms with Crippen molar-refractivity contribution in [3.05, 3.63) is 122 Å². The van der Waals surface area contributed by atoms with Crippen LogP contribution in [-0.4, -0.2) is 21.8 Å². The number of hydrogen-bond acceptors (Lipinski definition) is 8. The van der Waals surface area contributed by atoms with Crippen LogP contribution in [0.15, 0.2) is 97.3 Å². The fourth-order valence-electron chi connectivity index (χ4n) is 4.98. The number of aromatic nitrogens is 2. The third-order valence-electron chi connectivity index (χ3n) is 7.07. The van der Waals surface area contributed by atoms with Crippen molar-refractivity contribution in [1.82, 2.24) is 9.97 Å². The van der Waals surface area contributed by atoms with Gasteiger partial charge in [-0.25, -0.2) is 24.5 Å². The molecule has 0 radical (unpaired) electrons. The number of imide groups is 1. The van der Waals surface area contributed by atoms with Crippen LogP contribution < -0.4 is 16.2 Å². The van der Waals surface area contributed by atoms with Gasteiger partial charge in [0.05, 0.1) is 38.6 Å². The fraction of sp³-hybridized carbons (Fsp3) is 0.0625. The molecule has 4 aromatic carbocycles. The SMILES string of the molecule is Cc1ccc2nc(-c3ccc(N4C(=O)c5ccc(-c6nc7ccc(C)cc7c(=O)o6)cc5C4=O)cc3)oc(=O)c2c1. The minimum absolute atomic E-state index is 0.0525. The average Bonchev–Trinajstić information content (AvgIpc) is 3.22. The molecule has 1 aliphatic rings. The molecule has 0 atom stereocenters. The van der Waals surface area contributed by atoms with Gasteiger partial charge >= 0.3 is 11.3 Å². The number of rotatable bonds is 3. The summed E-state index contributed by atoms with van der Waals surface area (Å²) in [6, 6.07) is 21.7. The normalized spacial score (nSPS) is 12.9. The van der Waals surface area contributed by atoms with E-state index < -0.39 is 23.1 Å². The summed E-state index contributed by atoms with van der Waals surface area (Å²) in [4.78, 5) is 61.7. The fourth-order valence-corrected chi connectivity index (χ4v) is 4.98. The van der Waals surface area contributed by atoms with Gasteiger partial charge in [0.1, 0.15) is 0 Å². The summed E-state index contributed by atoms with van der Waals surface area (Å²) in [6.45, 7) is 3.75. The van der Waals surface area contributed by atoms with Crippen molar-refractivity contribution < 1.29 is 18.4 Å². The number of carbonyl (C=O) groups is 2. The van der Waals surface area contributed by atoms with Crippen LogP contribution in [0.4, 0.5) is 5.69 Å². The minimum atomic E-state index is -0.537. The first-order valence-corrected chi connectivity index (χ1v) is 12.7. The molecule has 0 unspecified atom stereocenters. The highest BCUT2D eigenvalue weighted by molar-refractivity contribution is 6.34. The first kappa shape index (κ1) is 24.3. The lowest BCUT2D eigenvalue weighted by Crippen LogP contribution is -2.29. The minimum Gasteiger partial charge on any atom is -0.403 e. The van der Waals surface area contributed by atoms with Gasteiger partial charge in [0.25, 0.3) is 11.8 Å². The van der Waals surface area contributed by atoms with E-state index in [1.165, 1.54) is 12.1 Å². The Bertz CT molecular complexity index is 2210. The maximum absolute atomic E-state index is 13.4. The van der Waals surface area contributed by atoms with Gasteiger partial charge in [-0.05, 0) is 80.6 Å². The smallest absolute Gasteiger partial charge is 0.347 e. The zero-order valence-electron chi connectivity index (χ0n) is 21.8. The topological polar surface area (TPSA) is 124 Å². The highest BCUT2D eigenvalue weighted by Crippen LogP contribution is 2.32. The van der Waals surface area contributed by atoms with Crippen LogP contribution in [0.2, 0.25) is 0 Å². The number of aryl methyl sites for hydroxylation is 2. The van der Waals surface area contributed by atoms with Gasteiger partial charge in [-0.15, -0.1) is 0 Å². The van der Waals surface area contributed by atoms with Crippen molar-refractivity contribution >= 4 is 39.3 Å². The monoisotopic (exact) mass is 541 g/mol. The van der Waals surface area contributed by atoms with Gasteiger partial charge in [-0.1, -0.05) is 23.3 Å². The highest BCUT2D eigenvalue weighted by Gasteiger charge is 2.37. The van der Waals surface area contributed by atoms with E-state index in [0.717, 1.165) is 16.0 Å². The summed E-state index contributed by atoms with van der Waals surface area (Å²) >= 11 is 0. The van der Waals surface area contributed by atoms with E-state index in [1.54, 1.807) is 54.6 Å². The molecule has 7 rings (SSSR count). The molecule has 0 N–H and O–H groups in total. The van der Waals surface area contributed by atoms with Crippen molar-refractivity contribution in [2.24, 2.45) is 0 Å². The molecule has 0 fully saturated rings. The molecule has 6 aromatic rings. The van der Waals surface area contributed by atoms with E-state index in [-0.39, 0.29) is 22.9 Å². The Morgan fingerprint density at radius 3 is 1.66 bits per heavy atom. The lowest BCUT2D eigenvalue weighted by molar-refractivity contribution is 0.0926. The summed E-state index contributed by atoms with van der Waals surface area (Å²) in [5.74, 6) is -0.830. The van der Waals surface area contributed by atoms with Crippen LogP contribution in [0.3, 0.4) is 0 Å². The van der Waals surface area contributed by atoms with E-state index in [9.17, 15) is 19.2 Å². The standard InChI is InChI=1S/C32H19N3O6/c1-16-3-11-25-23(13-16)31(38)40-27(33-25)18-5-8-20(9-6-18)35-29(36)21-10-7-19(15-22(21)30(35)37)28-34-26-12-4-17(2)14-24(26)32(39)41-28/h3-15H,1-2H3. The van der Waals surface area contributed by atoms with E-state index >= 15 is 0 Å². The van der Waals surface area contributed by atoms with Crippen molar-refractivity contribution in [2.45, 2.75) is 13.8 Å². The second kappa shape index (κ2) is 8.92. The maximum atomic E-state index is 13.4. The Labute approximate surface area is 231 Å². The summed E-state index contributed by atoms with van der Waals surface area (Å²) in [7, 11) is 0. The Balaban J connectivity index is 1.21. The second-order valence-corrected chi connectivity index (χ2v) is 9.91. The molecule has 0 saturated heterocycles. The molecule has 41 heavy (non-hydrogen) atoms. The van der Waals surface area contributed by atoms with Crippen LogP contribution in [0, 0.1) is 13.8 Å². The number of carbonyl (C=O) groups excluding carboxylic acids is 2. The van der Waals surface area contributed by atoms with Gasteiger partial charge in [0.15, 0.2) is 0 Å². The Hall–Kier alpha value is -5.70. The predicted octanol–water partition coefficient (Wildman–Crippen LogP) is 5.44. The molecule has 0 aliphatic carbocycles. The maximum Gasteiger partial charge on any atom is 0.347 e. The van der Waals surface area contributed by atoms with Crippen molar-refractivity contribution in [2.75, 3.05) is 4.90 Å². The first-order chi connectivity index (χ1) is 19.8. The van der Waals surface area contributed by atoms with Crippen molar-refractivity contribution in [3.8, 4) is 22.9 Å². The van der Waals surface area contributed by atoms with Crippen LogP contribution in [0.25, 0.3) is 44.7 Å². The lowest BCUT2D eigenvalue weighted by Gasteiger charge is -2.14. The summed E-state index contributed by atoms with van der Waals surface area (Å²) < 4.78 is 10.9. The second-order valence-electron chi connectivity index (χ2n) is 9.91. The summed E-state index contributed by atoms with van der Waals surface area (Å²) in [6.07, 6.45) is 0. The molecular weight excluding hydrogens is 522 g/mol. The van der Waals surface area contributed by atoms with Crippen LogP contribution in [0.1, 0.15) is 31.8 Å². The predicted molar refractivity (Wildman–Crippen MR) is 152 cm³/mol. The molecule has 2 aromatic heterocycles. The first-order valence-electron chi connectivity index (χ1n) is 12.7. The van der Waals surface area contributed by atoms with Gasteiger partial charge in [-0.3, -0.25) is 9.59 Å². The zero-order valence-corrected chi connectivity index (χ0v) is 21.8. The Kier molecular flexibility index (Phi) is 5.30. The van der Waals surface area contributed by atoms with Gasteiger partial charge in [-0.2, -0.15) is 0 Å². The number of fused-ring (bicyclic) bond motifs is 3. The van der Waals surface area contributed by atoms with Gasteiger partial charge in [0.2, 0.25) is 11.8 Å². The number of hydrogen-bond donors (Lipinski definition) is 0. The number of amides is 2. The van der Waals surface area contributed by atoms with E-state index in [2.05, 4.69) is 9.97 Å². The van der Waals surface area contributed by atoms with E-state index in [0.29, 0.717) is 38.6 Å². The van der Waals surface area contributed by atoms with Crippen molar-refractivity contribution in [3.63, 3.8) is 0 Å². The van der Waals surface area contributed by atoms with Crippen molar-refractivity contribution in [1.29, 1.82) is 0 Å². The third kappa shape index (κ3) is 3.94. The number of anilines is 1. The molecule has 3 heterocycles. The Morgan fingerprint density at radius 2 is 1.07 bits per heavy atom. The molecule has 0 saturated carbocycles. The number of nitrogens with zero attached hydrogens (tertiary/aromatic N) is 3. The van der Waals surface area contributed by atoms with Gasteiger partial charge < -0.3 is 8.83 Å². The highest BCUT2D eigenvalue weighted by atomic mass is 16.4. The summed E-state index contributed by atoms with van der Waals surface area (Å²) in [5, 5.41) is 0.757. The lowest BCUT2D eigenvalue weighted by atomic mass is 10.1. The van der Waals surface area contributed by atoms with E-state index in [4.69, 9.17) is 8.83 Å². The molecule has 2 amide bonds. The van der Waals surface area contributed by atoms with Crippen LogP contribution in [-0.2, 0) is 0 Å². The molecule has 198 valence electrons. The molecule has 0 spiro atoms. The quantitative estimate of drug-likeness (QED) is 0.271. The Morgan fingerprint density at radius 1 is 0.561 bits per heavy atom. The molecular formula is C32H19N3O6. The largest absolute Gasteiger partial charge is 0.403 e. The molecule has 0 bridgehead atoms. The summed E-state index contributed by atoms with van der Waals surface area (Å²) in [5.41, 5.74) is 3.41. The molecule has 1 aliphatic heterocycles. The zero-order chi connectivity index (χ0) is 28.4.